The quantitative estimate of drug-likeness (QED) is 0.110. The molecule has 3 amide bonds. The van der Waals surface area contributed by atoms with Crippen LogP contribution in [0.3, 0.4) is 0 Å². The van der Waals surface area contributed by atoms with Crippen molar-refractivity contribution in [1.82, 2.24) is 15.2 Å². The van der Waals surface area contributed by atoms with Gasteiger partial charge in [-0.3, -0.25) is 34.7 Å². The number of esters is 1. The molecule has 1 aromatic carbocycles. The zero-order valence-electron chi connectivity index (χ0n) is 22.9. The smallest absolute Gasteiger partial charge is 0.456 e. The normalized spacial score (nSPS) is 18.0. The first-order valence-corrected chi connectivity index (χ1v) is 15.4. The summed E-state index contributed by atoms with van der Waals surface area (Å²) >= 11 is 3.17. The Labute approximate surface area is 264 Å². The number of rotatable bonds is 12. The third-order valence-corrected chi connectivity index (χ3v) is 8.89. The van der Waals surface area contributed by atoms with Gasteiger partial charge < -0.3 is 14.9 Å². The van der Waals surface area contributed by atoms with Crippen LogP contribution in [0.15, 0.2) is 58.1 Å². The number of amides is 3. The number of alkyl halides is 3. The van der Waals surface area contributed by atoms with Gasteiger partial charge in [-0.2, -0.15) is 13.2 Å². The molecule has 1 aromatic heterocycles. The Balaban J connectivity index is 1.47. The zero-order valence-corrected chi connectivity index (χ0v) is 25.3. The van der Waals surface area contributed by atoms with Crippen LogP contribution in [0.2, 0.25) is 0 Å². The standard InChI is InChI=1S/C25H21F3N6O8S3/c1-3-43-9-13-10-44-21-17(20(36)33(21)18(13)22(37)42-8-12-4-6-14(7-5-12)34(39)40)30-19(35)16(32-41-2)15-11-45-24(29-15)31-23(38)25(26,27)28/h3-7,11,17,21H,1,8-10H2,2H3,(H,30,35)(H,29,31,38)/b32-16+/t17?,21-/m1/s1. The average Bonchev–Trinajstić information content (AvgIpc) is 3.47. The van der Waals surface area contributed by atoms with E-state index in [2.05, 4.69) is 26.9 Å². The minimum atomic E-state index is -5.16. The van der Waals surface area contributed by atoms with Crippen molar-refractivity contribution in [3.63, 3.8) is 0 Å². The molecule has 0 spiro atoms. The molecule has 20 heteroatoms. The number of nitrogens with zero attached hydrogens (tertiary/aromatic N) is 4. The highest BCUT2D eigenvalue weighted by atomic mass is 32.2. The van der Waals surface area contributed by atoms with E-state index in [1.54, 1.807) is 10.7 Å². The summed E-state index contributed by atoms with van der Waals surface area (Å²) in [6, 6.07) is 4.27. The molecule has 2 atom stereocenters. The molecule has 1 fully saturated rings. The van der Waals surface area contributed by atoms with Gasteiger partial charge in [-0.15, -0.1) is 34.9 Å². The van der Waals surface area contributed by atoms with Crippen LogP contribution in [-0.2, 0) is 35.4 Å². The highest BCUT2D eigenvalue weighted by molar-refractivity contribution is 8.02. The van der Waals surface area contributed by atoms with Crippen LogP contribution in [0.1, 0.15) is 11.3 Å². The number of halogens is 3. The summed E-state index contributed by atoms with van der Waals surface area (Å²) in [5, 5.41) is 20.1. The number of nitro groups is 1. The number of thioether (sulfide) groups is 2. The van der Waals surface area contributed by atoms with E-state index in [-0.39, 0.29) is 23.7 Å². The van der Waals surface area contributed by atoms with Crippen LogP contribution in [0.5, 0.6) is 0 Å². The monoisotopic (exact) mass is 686 g/mol. The number of ether oxygens (including phenoxy) is 1. The summed E-state index contributed by atoms with van der Waals surface area (Å²) in [4.78, 5) is 70.9. The van der Waals surface area contributed by atoms with Gasteiger partial charge in [0.15, 0.2) is 10.8 Å². The third kappa shape index (κ3) is 7.63. The predicted octanol–water partition coefficient (Wildman–Crippen LogP) is 3.18. The van der Waals surface area contributed by atoms with E-state index in [0.29, 0.717) is 34.0 Å². The van der Waals surface area contributed by atoms with Crippen LogP contribution in [-0.4, -0.2) is 80.4 Å². The Bertz CT molecular complexity index is 1590. The average molecular weight is 687 g/mol. The molecule has 0 aliphatic carbocycles. The Morgan fingerprint density at radius 3 is 2.64 bits per heavy atom. The highest BCUT2D eigenvalue weighted by Crippen LogP contribution is 2.41. The van der Waals surface area contributed by atoms with Crippen molar-refractivity contribution in [1.29, 1.82) is 0 Å². The topological polar surface area (TPSA) is 182 Å². The number of aromatic nitrogens is 1. The largest absolute Gasteiger partial charge is 0.471 e. The van der Waals surface area contributed by atoms with Gasteiger partial charge in [0.2, 0.25) is 0 Å². The molecule has 0 bridgehead atoms. The Hall–Kier alpha value is -4.43. The van der Waals surface area contributed by atoms with E-state index in [0.717, 1.165) is 7.11 Å². The molecule has 45 heavy (non-hydrogen) atoms. The number of thiazole rings is 1. The van der Waals surface area contributed by atoms with Crippen molar-refractivity contribution >= 4 is 75.1 Å². The lowest BCUT2D eigenvalue weighted by Gasteiger charge is -2.49. The fraction of sp³-hybridized carbons (Fsp3) is 0.280. The fourth-order valence-corrected chi connectivity index (χ4v) is 6.71. The fourth-order valence-electron chi connectivity index (χ4n) is 3.99. The summed E-state index contributed by atoms with van der Waals surface area (Å²) in [7, 11) is 1.11. The van der Waals surface area contributed by atoms with Crippen LogP contribution in [0.4, 0.5) is 24.0 Å². The lowest BCUT2D eigenvalue weighted by molar-refractivity contribution is -0.384. The number of hydrogen-bond acceptors (Lipinski definition) is 13. The van der Waals surface area contributed by atoms with Crippen LogP contribution in [0, 0.1) is 10.1 Å². The van der Waals surface area contributed by atoms with Crippen molar-refractivity contribution in [3.05, 3.63) is 74.3 Å². The van der Waals surface area contributed by atoms with Gasteiger partial charge in [-0.05, 0) is 28.7 Å². The maximum atomic E-state index is 13.3. The summed E-state index contributed by atoms with van der Waals surface area (Å²) in [6.07, 6.45) is -5.16. The molecule has 2 aliphatic heterocycles. The van der Waals surface area contributed by atoms with Gasteiger partial charge in [-0.1, -0.05) is 11.7 Å². The van der Waals surface area contributed by atoms with Gasteiger partial charge >= 0.3 is 18.1 Å². The predicted molar refractivity (Wildman–Crippen MR) is 158 cm³/mol. The minimum absolute atomic E-state index is 0.000780. The van der Waals surface area contributed by atoms with Gasteiger partial charge in [0.05, 0.1) is 4.92 Å². The van der Waals surface area contributed by atoms with Gasteiger partial charge in [-0.25, -0.2) is 9.78 Å². The van der Waals surface area contributed by atoms with Gasteiger partial charge in [0, 0.05) is 29.0 Å². The molecule has 3 heterocycles. The maximum absolute atomic E-state index is 13.3. The Morgan fingerprint density at radius 2 is 2.02 bits per heavy atom. The number of fused-ring (bicyclic) bond motifs is 1. The molecule has 1 saturated heterocycles. The maximum Gasteiger partial charge on any atom is 0.471 e. The molecular weight excluding hydrogens is 666 g/mol. The summed E-state index contributed by atoms with van der Waals surface area (Å²) in [5.74, 6) is -4.03. The highest BCUT2D eigenvalue weighted by Gasteiger charge is 2.54. The second-order valence-corrected chi connectivity index (χ2v) is 11.8. The summed E-state index contributed by atoms with van der Waals surface area (Å²) < 4.78 is 43.2. The lowest BCUT2D eigenvalue weighted by atomic mass is 10.0. The number of nitrogens with one attached hydrogen (secondary N) is 2. The molecule has 2 aliphatic rings. The number of hydrogen-bond donors (Lipinski definition) is 2. The van der Waals surface area contributed by atoms with Crippen molar-refractivity contribution < 1.29 is 46.8 Å². The second kappa shape index (κ2) is 14.1. The number of carbonyl (C=O) groups is 4. The van der Waals surface area contributed by atoms with Crippen molar-refractivity contribution in [2.24, 2.45) is 5.16 Å². The zero-order chi connectivity index (χ0) is 32.9. The van der Waals surface area contributed by atoms with Crippen molar-refractivity contribution in [2.45, 2.75) is 24.2 Å². The number of benzene rings is 1. The summed E-state index contributed by atoms with van der Waals surface area (Å²) in [5.41, 5.74) is 0.230. The SMILES string of the molecule is C=CSCC1=C(C(=O)OCc2ccc([N+](=O)[O-])cc2)N2C(=O)C(NC(=O)/C(=N/OC)c3csc(NC(=O)C(F)(F)F)n3)[C@H]2SC1. The first-order chi connectivity index (χ1) is 21.3. The molecule has 14 nitrogen and oxygen atoms in total. The van der Waals surface area contributed by atoms with Crippen LogP contribution < -0.4 is 10.6 Å². The number of nitro benzene ring substituents is 1. The molecule has 0 radical (unpaired) electrons. The number of anilines is 1. The van der Waals surface area contributed by atoms with Crippen LogP contribution in [0.25, 0.3) is 0 Å². The Kier molecular flexibility index (Phi) is 10.5. The van der Waals surface area contributed by atoms with E-state index in [1.165, 1.54) is 58.1 Å². The van der Waals surface area contributed by atoms with Gasteiger partial charge in [0.1, 0.15) is 36.5 Å². The first kappa shape index (κ1) is 33.5. The van der Waals surface area contributed by atoms with E-state index in [1.807, 2.05) is 0 Å². The number of carbonyl (C=O) groups excluding carboxylic acids is 4. The second-order valence-electron chi connectivity index (χ2n) is 8.90. The lowest BCUT2D eigenvalue weighted by Crippen LogP contribution is -2.71. The Morgan fingerprint density at radius 1 is 1.31 bits per heavy atom. The number of non-ortho nitro benzene ring substituents is 1. The molecule has 1 unspecified atom stereocenters. The number of β-lactam (4-membered cyclic amide) rings is 1. The molecule has 2 aromatic rings. The van der Waals surface area contributed by atoms with Crippen LogP contribution >= 0.6 is 34.9 Å². The van der Waals surface area contributed by atoms with E-state index >= 15 is 0 Å². The summed E-state index contributed by atoms with van der Waals surface area (Å²) in [6.45, 7) is 3.42. The van der Waals surface area contributed by atoms with Gasteiger partial charge in [0.25, 0.3) is 17.5 Å². The van der Waals surface area contributed by atoms with Crippen molar-refractivity contribution in [3.8, 4) is 0 Å². The molecule has 4 rings (SSSR count). The van der Waals surface area contributed by atoms with Crippen molar-refractivity contribution in [2.75, 3.05) is 23.9 Å². The molecule has 0 saturated carbocycles. The molecule has 238 valence electrons. The molecule has 2 N–H and O–H groups in total. The third-order valence-electron chi connectivity index (χ3n) is 6.04. The number of oxime groups is 1. The van der Waals surface area contributed by atoms with E-state index in [4.69, 9.17) is 4.74 Å². The first-order valence-electron chi connectivity index (χ1n) is 12.4. The molecular formula is C25H21F3N6O8S3. The van der Waals surface area contributed by atoms with E-state index in [9.17, 15) is 42.5 Å². The minimum Gasteiger partial charge on any atom is -0.456 e. The van der Waals surface area contributed by atoms with E-state index < -0.39 is 57.0 Å².